The van der Waals surface area contributed by atoms with Crippen LogP contribution in [0.4, 0.5) is 5.69 Å². The monoisotopic (exact) mass is 354 g/mol. The van der Waals surface area contributed by atoms with Crippen LogP contribution >= 0.6 is 0 Å². The van der Waals surface area contributed by atoms with Crippen molar-refractivity contribution in [1.82, 2.24) is 4.90 Å². The number of carbonyl (C=O) groups is 3. The molecular weight excluding hydrogens is 332 g/mol. The molecule has 6 nitrogen and oxygen atoms in total. The van der Waals surface area contributed by atoms with Gasteiger partial charge >= 0.3 is 0 Å². The Balaban J connectivity index is 1.97. The van der Waals surface area contributed by atoms with E-state index in [1.165, 1.54) is 0 Å². The Kier molecular flexibility index (Phi) is 6.91. The molecule has 0 bridgehead atoms. The Morgan fingerprint density at radius 2 is 1.81 bits per heavy atom. The summed E-state index contributed by atoms with van der Waals surface area (Å²) in [6.45, 7) is 4.89. The number of hydrogen-bond acceptors (Lipinski definition) is 4. The lowest BCUT2D eigenvalue weighted by atomic mass is 10.1. The van der Waals surface area contributed by atoms with E-state index in [-0.39, 0.29) is 18.4 Å². The van der Waals surface area contributed by atoms with Crippen LogP contribution in [0.2, 0.25) is 0 Å². The van der Waals surface area contributed by atoms with Crippen molar-refractivity contribution in [3.63, 3.8) is 0 Å². The normalized spacial score (nSPS) is 10.1. The molecule has 2 rings (SSSR count). The number of rotatable bonds is 8. The van der Waals surface area contributed by atoms with E-state index >= 15 is 0 Å². The van der Waals surface area contributed by atoms with Crippen LogP contribution in [0.3, 0.4) is 0 Å². The lowest BCUT2D eigenvalue weighted by Gasteiger charge is -2.19. The highest BCUT2D eigenvalue weighted by atomic mass is 16.5. The summed E-state index contributed by atoms with van der Waals surface area (Å²) in [6, 6.07) is 13.4. The Hall–Kier alpha value is -3.15. The topological polar surface area (TPSA) is 75.7 Å². The van der Waals surface area contributed by atoms with Crippen LogP contribution < -0.4 is 10.1 Å². The van der Waals surface area contributed by atoms with Crippen molar-refractivity contribution in [2.75, 3.05) is 25.0 Å². The fourth-order valence-corrected chi connectivity index (χ4v) is 2.45. The van der Waals surface area contributed by atoms with Crippen molar-refractivity contribution < 1.29 is 19.1 Å². The molecular formula is C20H22N2O4. The van der Waals surface area contributed by atoms with Gasteiger partial charge in [0.25, 0.3) is 11.8 Å². The maximum atomic E-state index is 12.4. The molecule has 0 radical (unpaired) electrons. The van der Waals surface area contributed by atoms with Crippen molar-refractivity contribution in [2.45, 2.75) is 13.8 Å². The third-order valence-corrected chi connectivity index (χ3v) is 3.81. The molecule has 0 aliphatic carbocycles. The highest BCUT2D eigenvalue weighted by Gasteiger charge is 2.13. The smallest absolute Gasteiger partial charge is 0.262 e. The summed E-state index contributed by atoms with van der Waals surface area (Å²) in [7, 11) is 0. The Morgan fingerprint density at radius 1 is 1.08 bits per heavy atom. The molecule has 0 atom stereocenters. The first-order chi connectivity index (χ1) is 12.6. The first-order valence-corrected chi connectivity index (χ1v) is 8.44. The zero-order valence-corrected chi connectivity index (χ0v) is 14.9. The number of benzene rings is 2. The van der Waals surface area contributed by atoms with E-state index in [1.54, 1.807) is 53.4 Å². The molecule has 0 spiro atoms. The van der Waals surface area contributed by atoms with Gasteiger partial charge in [-0.2, -0.15) is 0 Å². The van der Waals surface area contributed by atoms with Crippen molar-refractivity contribution >= 4 is 23.8 Å². The molecule has 2 aromatic carbocycles. The summed E-state index contributed by atoms with van der Waals surface area (Å²) in [5, 5.41) is 2.71. The van der Waals surface area contributed by atoms with Crippen LogP contribution in [-0.2, 0) is 4.79 Å². The number of anilines is 1. The Morgan fingerprint density at radius 3 is 2.50 bits per heavy atom. The summed E-state index contributed by atoms with van der Waals surface area (Å²) < 4.78 is 5.39. The summed E-state index contributed by atoms with van der Waals surface area (Å²) >= 11 is 0. The molecule has 6 heteroatoms. The first-order valence-electron chi connectivity index (χ1n) is 8.44. The van der Waals surface area contributed by atoms with Gasteiger partial charge in [-0.3, -0.25) is 14.4 Å². The molecule has 2 amide bonds. The average molecular weight is 354 g/mol. The highest BCUT2D eigenvalue weighted by Crippen LogP contribution is 2.14. The van der Waals surface area contributed by atoms with E-state index in [0.29, 0.717) is 41.9 Å². The number of nitrogens with zero attached hydrogens (tertiary/aromatic N) is 1. The molecule has 0 aliphatic rings. The molecule has 2 aromatic rings. The van der Waals surface area contributed by atoms with Crippen molar-refractivity contribution in [1.29, 1.82) is 0 Å². The predicted molar refractivity (Wildman–Crippen MR) is 99.6 cm³/mol. The summed E-state index contributed by atoms with van der Waals surface area (Å²) in [5.41, 5.74) is 1.52. The van der Waals surface area contributed by atoms with Gasteiger partial charge in [-0.15, -0.1) is 0 Å². The number of nitrogens with one attached hydrogen (secondary N) is 1. The first kappa shape index (κ1) is 19.2. The largest absolute Gasteiger partial charge is 0.484 e. The molecule has 0 heterocycles. The minimum absolute atomic E-state index is 0.0759. The molecule has 0 aliphatic heterocycles. The van der Waals surface area contributed by atoms with E-state index in [2.05, 4.69) is 5.32 Å². The van der Waals surface area contributed by atoms with Gasteiger partial charge in [-0.05, 0) is 44.2 Å². The standard InChI is InChI=1S/C20H22N2O4/c1-3-22(4-2)20(25)16-8-6-9-17(12-16)21-19(24)14-26-18-10-5-7-15(11-18)13-23/h5-13H,3-4,14H2,1-2H3,(H,21,24). The van der Waals surface area contributed by atoms with E-state index in [0.717, 1.165) is 0 Å². The maximum Gasteiger partial charge on any atom is 0.262 e. The third kappa shape index (κ3) is 5.17. The number of aldehydes is 1. The second kappa shape index (κ2) is 9.36. The van der Waals surface area contributed by atoms with E-state index in [9.17, 15) is 14.4 Å². The van der Waals surface area contributed by atoms with Gasteiger partial charge in [-0.25, -0.2) is 0 Å². The Labute approximate surface area is 152 Å². The number of hydrogen-bond donors (Lipinski definition) is 1. The predicted octanol–water partition coefficient (Wildman–Crippen LogP) is 3.00. The molecule has 0 saturated carbocycles. The van der Waals surface area contributed by atoms with Crippen LogP contribution in [-0.4, -0.2) is 42.7 Å². The van der Waals surface area contributed by atoms with Crippen molar-refractivity contribution in [3.8, 4) is 5.75 Å². The maximum absolute atomic E-state index is 12.4. The van der Waals surface area contributed by atoms with Gasteiger partial charge in [0.15, 0.2) is 6.61 Å². The molecule has 26 heavy (non-hydrogen) atoms. The van der Waals surface area contributed by atoms with Crippen LogP contribution in [0.25, 0.3) is 0 Å². The quantitative estimate of drug-likeness (QED) is 0.740. The Bertz CT molecular complexity index is 785. The fraction of sp³-hybridized carbons (Fsp3) is 0.250. The third-order valence-electron chi connectivity index (χ3n) is 3.81. The summed E-state index contributed by atoms with van der Waals surface area (Å²) in [5.74, 6) is 0.0113. The fourth-order valence-electron chi connectivity index (χ4n) is 2.45. The number of carbonyl (C=O) groups excluding carboxylic acids is 3. The van der Waals surface area contributed by atoms with Gasteiger partial charge in [0.2, 0.25) is 0 Å². The molecule has 0 unspecified atom stereocenters. The SMILES string of the molecule is CCN(CC)C(=O)c1cccc(NC(=O)COc2cccc(C=O)c2)c1. The average Bonchev–Trinajstić information content (AvgIpc) is 2.67. The van der Waals surface area contributed by atoms with Crippen LogP contribution in [0.15, 0.2) is 48.5 Å². The van der Waals surface area contributed by atoms with Crippen LogP contribution in [0, 0.1) is 0 Å². The van der Waals surface area contributed by atoms with E-state index < -0.39 is 0 Å². The molecule has 0 fully saturated rings. The van der Waals surface area contributed by atoms with Crippen molar-refractivity contribution in [2.24, 2.45) is 0 Å². The van der Waals surface area contributed by atoms with Gasteiger partial charge < -0.3 is 15.0 Å². The lowest BCUT2D eigenvalue weighted by molar-refractivity contribution is -0.118. The number of ether oxygens (including phenoxy) is 1. The second-order valence-corrected chi connectivity index (χ2v) is 5.59. The van der Waals surface area contributed by atoms with Gasteiger partial charge in [-0.1, -0.05) is 18.2 Å². The summed E-state index contributed by atoms with van der Waals surface area (Å²) in [6.07, 6.45) is 0.714. The molecule has 1 N–H and O–H groups in total. The van der Waals surface area contributed by atoms with Crippen LogP contribution in [0.5, 0.6) is 5.75 Å². The number of amides is 2. The highest BCUT2D eigenvalue weighted by molar-refractivity contribution is 5.97. The molecule has 136 valence electrons. The van der Waals surface area contributed by atoms with E-state index in [1.807, 2.05) is 13.8 Å². The second-order valence-electron chi connectivity index (χ2n) is 5.59. The lowest BCUT2D eigenvalue weighted by Crippen LogP contribution is -2.30. The zero-order valence-electron chi connectivity index (χ0n) is 14.9. The van der Waals surface area contributed by atoms with E-state index in [4.69, 9.17) is 4.74 Å². The minimum atomic E-state index is -0.353. The van der Waals surface area contributed by atoms with Crippen molar-refractivity contribution in [3.05, 3.63) is 59.7 Å². The van der Waals surface area contributed by atoms with Gasteiger partial charge in [0, 0.05) is 29.9 Å². The molecule has 0 saturated heterocycles. The van der Waals surface area contributed by atoms with Gasteiger partial charge in [0.1, 0.15) is 12.0 Å². The minimum Gasteiger partial charge on any atom is -0.484 e. The summed E-state index contributed by atoms with van der Waals surface area (Å²) in [4.78, 5) is 36.9. The molecule has 0 aromatic heterocycles. The van der Waals surface area contributed by atoms with Gasteiger partial charge in [0.05, 0.1) is 0 Å². The zero-order chi connectivity index (χ0) is 18.9. The van der Waals surface area contributed by atoms with Crippen LogP contribution in [0.1, 0.15) is 34.6 Å².